The monoisotopic (exact) mass is 291 g/mol. The van der Waals surface area contributed by atoms with Gasteiger partial charge in [0.2, 0.25) is 0 Å². The van der Waals surface area contributed by atoms with Crippen molar-refractivity contribution in [1.82, 2.24) is 4.90 Å². The molecule has 110 valence electrons. The van der Waals surface area contributed by atoms with E-state index in [0.717, 1.165) is 0 Å². The molecule has 1 heterocycles. The fourth-order valence-corrected chi connectivity index (χ4v) is 2.20. The number of benzene rings is 1. The van der Waals surface area contributed by atoms with Gasteiger partial charge in [0.15, 0.2) is 0 Å². The van der Waals surface area contributed by atoms with Crippen molar-refractivity contribution in [3.05, 3.63) is 35.1 Å². The van der Waals surface area contributed by atoms with Gasteiger partial charge in [0.25, 0.3) is 5.91 Å². The van der Waals surface area contributed by atoms with Crippen LogP contribution in [0.3, 0.4) is 0 Å². The summed E-state index contributed by atoms with van der Waals surface area (Å²) >= 11 is 0. The second kappa shape index (κ2) is 5.40. The molecule has 20 heavy (non-hydrogen) atoms. The Balaban J connectivity index is 2.26. The molecule has 1 amide bonds. The second-order valence-corrected chi connectivity index (χ2v) is 4.78. The molecule has 1 unspecified atom stereocenters. The number of hydrogen-bond acceptors (Lipinski definition) is 2. The average molecular weight is 291 g/mol. The zero-order valence-electron chi connectivity index (χ0n) is 10.5. The molecule has 1 aromatic rings. The largest absolute Gasteiger partial charge is 0.416 e. The average Bonchev–Trinajstić information content (AvgIpc) is 2.86. The first-order valence-electron chi connectivity index (χ1n) is 6.10. The van der Waals surface area contributed by atoms with Gasteiger partial charge in [-0.1, -0.05) is 0 Å². The van der Waals surface area contributed by atoms with Crippen LogP contribution in [0.2, 0.25) is 0 Å². The standard InChI is InChI=1S/C13H13F4NO2/c14-11-2-1-9(13(15,16)17)5-10(11)12(20)18-4-3-8(6-18)7-19/h1-2,5,8,19H,3-4,6-7H2. The summed E-state index contributed by atoms with van der Waals surface area (Å²) in [6.45, 7) is 0.430. The van der Waals surface area contributed by atoms with Crippen molar-refractivity contribution in [2.24, 2.45) is 5.92 Å². The van der Waals surface area contributed by atoms with Gasteiger partial charge in [0.1, 0.15) is 5.82 Å². The molecule has 1 N–H and O–H groups in total. The van der Waals surface area contributed by atoms with Crippen LogP contribution in [0, 0.1) is 11.7 Å². The van der Waals surface area contributed by atoms with Gasteiger partial charge < -0.3 is 10.0 Å². The number of rotatable bonds is 2. The molecule has 1 aliphatic heterocycles. The lowest BCUT2D eigenvalue weighted by atomic mass is 10.1. The summed E-state index contributed by atoms with van der Waals surface area (Å²) in [4.78, 5) is 13.3. The van der Waals surface area contributed by atoms with Crippen LogP contribution in [-0.4, -0.2) is 35.6 Å². The number of hydrogen-bond donors (Lipinski definition) is 1. The summed E-state index contributed by atoms with van der Waals surface area (Å²) in [6, 6.07) is 1.78. The van der Waals surface area contributed by atoms with E-state index in [9.17, 15) is 22.4 Å². The van der Waals surface area contributed by atoms with Gasteiger partial charge in [0.05, 0.1) is 11.1 Å². The van der Waals surface area contributed by atoms with Gasteiger partial charge >= 0.3 is 6.18 Å². The summed E-state index contributed by atoms with van der Waals surface area (Å²) in [6.07, 6.45) is -4.07. The van der Waals surface area contributed by atoms with Crippen LogP contribution in [0.25, 0.3) is 0 Å². The van der Waals surface area contributed by atoms with Gasteiger partial charge in [0, 0.05) is 25.6 Å². The molecular weight excluding hydrogens is 278 g/mol. The van der Waals surface area contributed by atoms with E-state index in [0.29, 0.717) is 31.2 Å². The predicted molar refractivity (Wildman–Crippen MR) is 62.5 cm³/mol. The SMILES string of the molecule is O=C(c1cc(C(F)(F)F)ccc1F)N1CCC(CO)C1. The minimum absolute atomic E-state index is 0.102. The maximum absolute atomic E-state index is 13.6. The molecule has 1 aromatic carbocycles. The highest BCUT2D eigenvalue weighted by Crippen LogP contribution is 2.31. The van der Waals surface area contributed by atoms with Crippen LogP contribution in [0.5, 0.6) is 0 Å². The van der Waals surface area contributed by atoms with Crippen molar-refractivity contribution in [2.45, 2.75) is 12.6 Å². The van der Waals surface area contributed by atoms with Crippen LogP contribution >= 0.6 is 0 Å². The number of aliphatic hydroxyl groups is 1. The lowest BCUT2D eigenvalue weighted by Crippen LogP contribution is -2.30. The quantitative estimate of drug-likeness (QED) is 0.849. The van der Waals surface area contributed by atoms with Gasteiger partial charge in [-0.3, -0.25) is 4.79 Å². The van der Waals surface area contributed by atoms with Gasteiger partial charge in [-0.05, 0) is 24.6 Å². The fraction of sp³-hybridized carbons (Fsp3) is 0.462. The van der Waals surface area contributed by atoms with E-state index in [1.54, 1.807) is 0 Å². The van der Waals surface area contributed by atoms with E-state index in [1.165, 1.54) is 4.90 Å². The minimum Gasteiger partial charge on any atom is -0.396 e. The van der Waals surface area contributed by atoms with Crippen molar-refractivity contribution in [2.75, 3.05) is 19.7 Å². The summed E-state index contributed by atoms with van der Waals surface area (Å²) in [5.41, 5.74) is -1.64. The minimum atomic E-state index is -4.62. The number of aliphatic hydroxyl groups excluding tert-OH is 1. The maximum Gasteiger partial charge on any atom is 0.416 e. The Labute approximate surface area is 112 Å². The van der Waals surface area contributed by atoms with E-state index in [4.69, 9.17) is 5.11 Å². The molecule has 2 rings (SSSR count). The van der Waals surface area contributed by atoms with Crippen LogP contribution in [0.1, 0.15) is 22.3 Å². The lowest BCUT2D eigenvalue weighted by Gasteiger charge is -2.17. The second-order valence-electron chi connectivity index (χ2n) is 4.78. The number of alkyl halides is 3. The molecule has 0 bridgehead atoms. The third-order valence-electron chi connectivity index (χ3n) is 3.36. The Hall–Kier alpha value is -1.63. The number of likely N-dealkylation sites (tertiary alicyclic amines) is 1. The Morgan fingerprint density at radius 3 is 2.65 bits per heavy atom. The van der Waals surface area contributed by atoms with E-state index in [1.807, 2.05) is 0 Å². The van der Waals surface area contributed by atoms with E-state index < -0.39 is 29.0 Å². The van der Waals surface area contributed by atoms with Crippen molar-refractivity contribution in [3.8, 4) is 0 Å². The van der Waals surface area contributed by atoms with Gasteiger partial charge in [-0.15, -0.1) is 0 Å². The molecule has 1 aliphatic rings. The van der Waals surface area contributed by atoms with Crippen LogP contribution in [-0.2, 0) is 6.18 Å². The van der Waals surface area contributed by atoms with Crippen molar-refractivity contribution < 1.29 is 27.5 Å². The normalized spacial score (nSPS) is 19.4. The molecule has 1 atom stereocenters. The van der Waals surface area contributed by atoms with Crippen molar-refractivity contribution in [1.29, 1.82) is 0 Å². The smallest absolute Gasteiger partial charge is 0.396 e. The van der Waals surface area contributed by atoms with Crippen LogP contribution < -0.4 is 0 Å². The summed E-state index contributed by atoms with van der Waals surface area (Å²) in [7, 11) is 0. The molecule has 7 heteroatoms. The Kier molecular flexibility index (Phi) is 3.99. The van der Waals surface area contributed by atoms with E-state index in [-0.39, 0.29) is 19.1 Å². The number of nitrogens with zero attached hydrogens (tertiary/aromatic N) is 1. The molecule has 0 saturated carbocycles. The predicted octanol–water partition coefficient (Wildman–Crippen LogP) is 2.30. The Bertz CT molecular complexity index is 516. The van der Waals surface area contributed by atoms with Crippen LogP contribution in [0.15, 0.2) is 18.2 Å². The number of carbonyl (C=O) groups excluding carboxylic acids is 1. The zero-order chi connectivity index (χ0) is 14.9. The number of halogens is 4. The molecule has 1 fully saturated rings. The molecule has 0 spiro atoms. The van der Waals surface area contributed by atoms with Crippen LogP contribution in [0.4, 0.5) is 17.6 Å². The van der Waals surface area contributed by atoms with Gasteiger partial charge in [-0.2, -0.15) is 13.2 Å². The zero-order valence-corrected chi connectivity index (χ0v) is 10.5. The molecule has 0 aromatic heterocycles. The first-order valence-corrected chi connectivity index (χ1v) is 6.10. The Morgan fingerprint density at radius 1 is 1.40 bits per heavy atom. The third kappa shape index (κ3) is 2.92. The third-order valence-corrected chi connectivity index (χ3v) is 3.36. The highest BCUT2D eigenvalue weighted by atomic mass is 19.4. The highest BCUT2D eigenvalue weighted by Gasteiger charge is 2.33. The van der Waals surface area contributed by atoms with Crippen molar-refractivity contribution >= 4 is 5.91 Å². The van der Waals surface area contributed by atoms with E-state index >= 15 is 0 Å². The molecular formula is C13H13F4NO2. The summed E-state index contributed by atoms with van der Waals surface area (Å²) in [5.74, 6) is -1.85. The number of carbonyl (C=O) groups is 1. The maximum atomic E-state index is 13.6. The lowest BCUT2D eigenvalue weighted by molar-refractivity contribution is -0.137. The molecule has 1 saturated heterocycles. The fourth-order valence-electron chi connectivity index (χ4n) is 2.20. The first-order chi connectivity index (χ1) is 9.32. The topological polar surface area (TPSA) is 40.5 Å². The number of amides is 1. The summed E-state index contributed by atoms with van der Waals surface area (Å²) < 4.78 is 51.3. The Morgan fingerprint density at radius 2 is 2.10 bits per heavy atom. The van der Waals surface area contributed by atoms with Crippen molar-refractivity contribution in [3.63, 3.8) is 0 Å². The molecule has 3 nitrogen and oxygen atoms in total. The van der Waals surface area contributed by atoms with Gasteiger partial charge in [-0.25, -0.2) is 4.39 Å². The highest BCUT2D eigenvalue weighted by molar-refractivity contribution is 5.94. The van der Waals surface area contributed by atoms with E-state index in [2.05, 4.69) is 0 Å². The summed E-state index contributed by atoms with van der Waals surface area (Å²) in [5, 5.41) is 8.98. The molecule has 0 radical (unpaired) electrons. The molecule has 0 aliphatic carbocycles. The first kappa shape index (κ1) is 14.8.